The van der Waals surface area contributed by atoms with E-state index >= 15 is 0 Å². The fourth-order valence-electron chi connectivity index (χ4n) is 3.14. The maximum Gasteiger partial charge on any atom is 0.237 e. The van der Waals surface area contributed by atoms with Crippen molar-refractivity contribution in [3.8, 4) is 11.4 Å². The molecule has 30 heavy (non-hydrogen) atoms. The minimum absolute atomic E-state index is 0.0864. The first-order valence-electron chi connectivity index (χ1n) is 9.98. The van der Waals surface area contributed by atoms with Crippen LogP contribution in [0.5, 0.6) is 0 Å². The van der Waals surface area contributed by atoms with Gasteiger partial charge in [0, 0.05) is 17.7 Å². The summed E-state index contributed by atoms with van der Waals surface area (Å²) in [5.41, 5.74) is 3.19. The van der Waals surface area contributed by atoms with E-state index in [0.717, 1.165) is 29.9 Å². The summed E-state index contributed by atoms with van der Waals surface area (Å²) in [7, 11) is 0. The molecular weight excluding hydrogens is 396 g/mol. The van der Waals surface area contributed by atoms with Gasteiger partial charge in [-0.25, -0.2) is 0 Å². The standard InChI is InChI=1S/C23H26N4O2S/c1-5-13-27-21(18-10-8-9-15(2)14-18)25-26-23(27)30-17(4)22(29)24-20-12-7-6-11-19(20)16(3)28/h6-12,14,17H,5,13H2,1-4H3,(H,24,29)/t17-/m0/s1. The molecule has 6 nitrogen and oxygen atoms in total. The molecule has 0 saturated carbocycles. The lowest BCUT2D eigenvalue weighted by Gasteiger charge is -2.14. The predicted octanol–water partition coefficient (Wildman–Crippen LogP) is 4.99. The average Bonchev–Trinajstić information content (AvgIpc) is 3.10. The highest BCUT2D eigenvalue weighted by Crippen LogP contribution is 2.28. The smallest absolute Gasteiger partial charge is 0.237 e. The van der Waals surface area contributed by atoms with E-state index in [1.54, 1.807) is 24.3 Å². The van der Waals surface area contributed by atoms with Gasteiger partial charge in [0.25, 0.3) is 0 Å². The van der Waals surface area contributed by atoms with Crippen LogP contribution in [0.15, 0.2) is 53.7 Å². The Balaban J connectivity index is 1.80. The Bertz CT molecular complexity index is 1060. The lowest BCUT2D eigenvalue weighted by molar-refractivity contribution is -0.115. The Morgan fingerprint density at radius 3 is 2.60 bits per heavy atom. The van der Waals surface area contributed by atoms with Crippen LogP contribution >= 0.6 is 11.8 Å². The summed E-state index contributed by atoms with van der Waals surface area (Å²) in [6, 6.07) is 15.2. The summed E-state index contributed by atoms with van der Waals surface area (Å²) in [5.74, 6) is 0.533. The molecule has 1 aromatic heterocycles. The van der Waals surface area contributed by atoms with E-state index in [1.807, 2.05) is 32.0 Å². The number of aryl methyl sites for hydroxylation is 1. The van der Waals surface area contributed by atoms with Crippen molar-refractivity contribution in [1.29, 1.82) is 0 Å². The molecule has 1 atom stereocenters. The van der Waals surface area contributed by atoms with Crippen molar-refractivity contribution in [2.75, 3.05) is 5.32 Å². The van der Waals surface area contributed by atoms with Crippen LogP contribution in [0.1, 0.15) is 43.1 Å². The number of benzene rings is 2. The van der Waals surface area contributed by atoms with Crippen molar-refractivity contribution in [2.24, 2.45) is 0 Å². The number of hydrogen-bond acceptors (Lipinski definition) is 5. The van der Waals surface area contributed by atoms with Crippen LogP contribution in [0.3, 0.4) is 0 Å². The molecule has 0 aliphatic heterocycles. The normalized spacial score (nSPS) is 11.9. The molecule has 2 aromatic carbocycles. The van der Waals surface area contributed by atoms with Gasteiger partial charge in [0.05, 0.1) is 10.9 Å². The predicted molar refractivity (Wildman–Crippen MR) is 121 cm³/mol. The Morgan fingerprint density at radius 1 is 1.13 bits per heavy atom. The molecule has 0 unspecified atom stereocenters. The highest BCUT2D eigenvalue weighted by Gasteiger charge is 2.21. The van der Waals surface area contributed by atoms with Crippen LogP contribution < -0.4 is 5.32 Å². The Kier molecular flexibility index (Phi) is 7.05. The van der Waals surface area contributed by atoms with E-state index in [2.05, 4.69) is 33.1 Å². The molecule has 0 fully saturated rings. The summed E-state index contributed by atoms with van der Waals surface area (Å²) in [5, 5.41) is 11.9. The second-order valence-corrected chi connectivity index (χ2v) is 8.49. The second-order valence-electron chi connectivity index (χ2n) is 7.18. The highest BCUT2D eigenvalue weighted by atomic mass is 32.2. The van der Waals surface area contributed by atoms with E-state index < -0.39 is 5.25 Å². The second kappa shape index (κ2) is 9.71. The van der Waals surface area contributed by atoms with Crippen molar-refractivity contribution in [3.05, 3.63) is 59.7 Å². The monoisotopic (exact) mass is 422 g/mol. The number of aromatic nitrogens is 3. The number of nitrogens with zero attached hydrogens (tertiary/aromatic N) is 3. The molecule has 3 aromatic rings. The molecule has 7 heteroatoms. The van der Waals surface area contributed by atoms with Crippen molar-refractivity contribution in [1.82, 2.24) is 14.8 Å². The number of hydrogen-bond donors (Lipinski definition) is 1. The van der Waals surface area contributed by atoms with Gasteiger partial charge in [-0.3, -0.25) is 9.59 Å². The van der Waals surface area contributed by atoms with Gasteiger partial charge in [0.2, 0.25) is 5.91 Å². The Labute approximate surface area is 181 Å². The number of carbonyl (C=O) groups excluding carboxylic acids is 2. The zero-order valence-corrected chi connectivity index (χ0v) is 18.5. The maximum atomic E-state index is 12.8. The fraction of sp³-hybridized carbons (Fsp3) is 0.304. The first-order chi connectivity index (χ1) is 14.4. The third-order valence-corrected chi connectivity index (χ3v) is 5.74. The molecule has 1 amide bonds. The lowest BCUT2D eigenvalue weighted by Crippen LogP contribution is -2.24. The largest absolute Gasteiger partial charge is 0.324 e. The van der Waals surface area contributed by atoms with E-state index in [4.69, 9.17) is 0 Å². The van der Waals surface area contributed by atoms with Gasteiger partial charge in [-0.05, 0) is 45.4 Å². The summed E-state index contributed by atoms with van der Waals surface area (Å²) >= 11 is 1.36. The number of carbonyl (C=O) groups is 2. The fourth-order valence-corrected chi connectivity index (χ4v) is 4.02. The molecular formula is C23H26N4O2S. The number of rotatable bonds is 8. The van der Waals surface area contributed by atoms with Crippen molar-refractivity contribution in [2.45, 2.75) is 51.1 Å². The topological polar surface area (TPSA) is 76.9 Å². The third kappa shape index (κ3) is 4.97. The van der Waals surface area contributed by atoms with Gasteiger partial charge < -0.3 is 9.88 Å². The molecule has 0 radical (unpaired) electrons. The number of para-hydroxylation sites is 1. The van der Waals surface area contributed by atoms with Crippen molar-refractivity contribution >= 4 is 29.1 Å². The van der Waals surface area contributed by atoms with Crippen LogP contribution in [0.2, 0.25) is 0 Å². The van der Waals surface area contributed by atoms with Crippen molar-refractivity contribution < 1.29 is 9.59 Å². The first-order valence-corrected chi connectivity index (χ1v) is 10.9. The van der Waals surface area contributed by atoms with Crippen LogP contribution in [0.4, 0.5) is 5.69 Å². The summed E-state index contributed by atoms with van der Waals surface area (Å²) in [4.78, 5) is 24.6. The van der Waals surface area contributed by atoms with Crippen LogP contribution in [0.25, 0.3) is 11.4 Å². The molecule has 1 N–H and O–H groups in total. The number of anilines is 1. The average molecular weight is 423 g/mol. The summed E-state index contributed by atoms with van der Waals surface area (Å²) in [6.45, 7) is 8.23. The molecule has 1 heterocycles. The zero-order chi connectivity index (χ0) is 21.7. The SMILES string of the molecule is CCCn1c(S[C@@H](C)C(=O)Nc2ccccc2C(C)=O)nnc1-c1cccc(C)c1. The van der Waals surface area contributed by atoms with Gasteiger partial charge in [0.1, 0.15) is 0 Å². The van der Waals surface area contributed by atoms with Crippen LogP contribution in [0, 0.1) is 6.92 Å². The Morgan fingerprint density at radius 2 is 1.90 bits per heavy atom. The first kappa shape index (κ1) is 21.8. The summed E-state index contributed by atoms with van der Waals surface area (Å²) < 4.78 is 2.06. The van der Waals surface area contributed by atoms with E-state index in [9.17, 15) is 9.59 Å². The lowest BCUT2D eigenvalue weighted by atomic mass is 10.1. The van der Waals surface area contributed by atoms with Crippen LogP contribution in [-0.2, 0) is 11.3 Å². The molecule has 156 valence electrons. The minimum Gasteiger partial charge on any atom is -0.324 e. The van der Waals surface area contributed by atoms with Gasteiger partial charge in [-0.2, -0.15) is 0 Å². The third-order valence-electron chi connectivity index (χ3n) is 4.66. The van der Waals surface area contributed by atoms with E-state index in [0.29, 0.717) is 16.4 Å². The number of ketones is 1. The Hall–Kier alpha value is -2.93. The van der Waals surface area contributed by atoms with Gasteiger partial charge >= 0.3 is 0 Å². The summed E-state index contributed by atoms with van der Waals surface area (Å²) in [6.07, 6.45) is 0.928. The minimum atomic E-state index is -0.407. The highest BCUT2D eigenvalue weighted by molar-refractivity contribution is 8.00. The van der Waals surface area contributed by atoms with E-state index in [-0.39, 0.29) is 11.7 Å². The molecule has 0 spiro atoms. The number of thioether (sulfide) groups is 1. The number of amides is 1. The van der Waals surface area contributed by atoms with Gasteiger partial charge in [0.15, 0.2) is 16.8 Å². The van der Waals surface area contributed by atoms with Gasteiger partial charge in [-0.15, -0.1) is 10.2 Å². The van der Waals surface area contributed by atoms with Crippen LogP contribution in [-0.4, -0.2) is 31.7 Å². The molecule has 0 bridgehead atoms. The number of Topliss-reactive ketones (excluding diaryl/α,β-unsaturated/α-hetero) is 1. The zero-order valence-electron chi connectivity index (χ0n) is 17.7. The molecule has 0 aliphatic carbocycles. The maximum absolute atomic E-state index is 12.8. The van der Waals surface area contributed by atoms with Crippen molar-refractivity contribution in [3.63, 3.8) is 0 Å². The molecule has 0 saturated heterocycles. The number of nitrogens with one attached hydrogen (secondary N) is 1. The molecule has 0 aliphatic rings. The molecule has 3 rings (SSSR count). The quantitative estimate of drug-likeness (QED) is 0.409. The van der Waals surface area contributed by atoms with E-state index in [1.165, 1.54) is 18.7 Å². The van der Waals surface area contributed by atoms with Gasteiger partial charge in [-0.1, -0.05) is 54.6 Å².